The molecular formula is C22H25N5O3. The molecule has 156 valence electrons. The van der Waals surface area contributed by atoms with Gasteiger partial charge in [0, 0.05) is 25.2 Å². The Labute approximate surface area is 175 Å². The van der Waals surface area contributed by atoms with Gasteiger partial charge in [0.25, 0.3) is 5.91 Å². The van der Waals surface area contributed by atoms with Crippen LogP contribution in [-0.4, -0.2) is 46.0 Å². The van der Waals surface area contributed by atoms with E-state index in [9.17, 15) is 4.79 Å². The molecule has 0 radical (unpaired) electrons. The van der Waals surface area contributed by atoms with Crippen molar-refractivity contribution in [3.05, 3.63) is 65.1 Å². The number of anilines is 1. The van der Waals surface area contributed by atoms with Gasteiger partial charge in [-0.2, -0.15) is 0 Å². The zero-order chi connectivity index (χ0) is 21.1. The van der Waals surface area contributed by atoms with Gasteiger partial charge in [0.1, 0.15) is 17.2 Å². The number of amides is 1. The molecule has 8 heteroatoms. The van der Waals surface area contributed by atoms with Gasteiger partial charge in [-0.25, -0.2) is 15.0 Å². The number of hydrogen-bond acceptors (Lipinski definition) is 7. The second-order valence-corrected chi connectivity index (χ2v) is 7.53. The van der Waals surface area contributed by atoms with Crippen molar-refractivity contribution in [1.29, 1.82) is 0 Å². The van der Waals surface area contributed by atoms with Gasteiger partial charge in [-0.05, 0) is 43.5 Å². The van der Waals surface area contributed by atoms with Crippen LogP contribution in [0.25, 0.3) is 0 Å². The first kappa shape index (κ1) is 19.9. The van der Waals surface area contributed by atoms with Gasteiger partial charge in [0.15, 0.2) is 5.89 Å². The Balaban J connectivity index is 1.43. The van der Waals surface area contributed by atoms with E-state index in [0.717, 1.165) is 29.9 Å². The Morgan fingerprint density at radius 2 is 2.10 bits per heavy atom. The van der Waals surface area contributed by atoms with Crippen molar-refractivity contribution in [3.63, 3.8) is 0 Å². The molecule has 0 spiro atoms. The Morgan fingerprint density at radius 3 is 2.83 bits per heavy atom. The van der Waals surface area contributed by atoms with Crippen molar-refractivity contribution in [2.45, 2.75) is 32.1 Å². The molecule has 4 rings (SSSR count). The highest BCUT2D eigenvalue weighted by Crippen LogP contribution is 2.28. The summed E-state index contributed by atoms with van der Waals surface area (Å²) in [4.78, 5) is 27.3. The van der Waals surface area contributed by atoms with E-state index in [1.165, 1.54) is 0 Å². The highest BCUT2D eigenvalue weighted by Gasteiger charge is 2.29. The van der Waals surface area contributed by atoms with Crippen LogP contribution in [0.3, 0.4) is 0 Å². The van der Waals surface area contributed by atoms with E-state index in [0.29, 0.717) is 36.8 Å². The molecule has 0 aliphatic carbocycles. The summed E-state index contributed by atoms with van der Waals surface area (Å²) in [6, 6.07) is 9.55. The first-order valence-electron chi connectivity index (χ1n) is 10.00. The molecule has 1 amide bonds. The quantitative estimate of drug-likeness (QED) is 0.693. The van der Waals surface area contributed by atoms with Gasteiger partial charge in [-0.1, -0.05) is 12.1 Å². The zero-order valence-electron chi connectivity index (χ0n) is 17.2. The number of rotatable bonds is 5. The number of likely N-dealkylation sites (tertiary alicyclic amines) is 1. The Kier molecular flexibility index (Phi) is 5.65. The summed E-state index contributed by atoms with van der Waals surface area (Å²) >= 11 is 0. The van der Waals surface area contributed by atoms with E-state index in [1.54, 1.807) is 31.2 Å². The number of carbonyl (C=O) groups excluding carboxylic acids is 1. The fraction of sp³-hybridized carbons (Fsp3) is 0.364. The summed E-state index contributed by atoms with van der Waals surface area (Å²) in [6.45, 7) is 3.02. The van der Waals surface area contributed by atoms with E-state index < -0.39 is 0 Å². The van der Waals surface area contributed by atoms with Crippen molar-refractivity contribution in [3.8, 4) is 5.75 Å². The van der Waals surface area contributed by atoms with Gasteiger partial charge in [0.2, 0.25) is 5.95 Å². The van der Waals surface area contributed by atoms with Gasteiger partial charge in [0.05, 0.1) is 19.2 Å². The number of aryl methyl sites for hydroxylation is 1. The molecule has 3 aromatic rings. The maximum absolute atomic E-state index is 12.9. The summed E-state index contributed by atoms with van der Waals surface area (Å²) < 4.78 is 11.2. The second kappa shape index (κ2) is 8.52. The van der Waals surface area contributed by atoms with Crippen LogP contribution in [0.2, 0.25) is 0 Å². The van der Waals surface area contributed by atoms with Crippen LogP contribution in [0.1, 0.15) is 52.2 Å². The van der Waals surface area contributed by atoms with Crippen LogP contribution >= 0.6 is 0 Å². The lowest BCUT2D eigenvalue weighted by molar-refractivity contribution is 0.0691. The molecule has 8 nitrogen and oxygen atoms in total. The SMILES string of the molecule is COc1ccc(Cc2cnc([C@@H]3CCCN(C(=O)c4cc(C)nc(N)n4)C3)o2)cc1. The van der Waals surface area contributed by atoms with Gasteiger partial charge >= 0.3 is 0 Å². The summed E-state index contributed by atoms with van der Waals surface area (Å²) in [5.74, 6) is 2.34. The maximum atomic E-state index is 12.9. The van der Waals surface area contributed by atoms with Crippen molar-refractivity contribution >= 4 is 11.9 Å². The molecule has 1 aliphatic rings. The lowest BCUT2D eigenvalue weighted by Gasteiger charge is -2.31. The molecular weight excluding hydrogens is 382 g/mol. The molecule has 0 unspecified atom stereocenters. The number of nitrogens with two attached hydrogens (primary N) is 1. The Morgan fingerprint density at radius 1 is 1.30 bits per heavy atom. The average molecular weight is 407 g/mol. The number of nitrogens with zero attached hydrogens (tertiary/aromatic N) is 4. The smallest absolute Gasteiger partial charge is 0.272 e. The molecule has 2 N–H and O–H groups in total. The van der Waals surface area contributed by atoms with Gasteiger partial charge in [-0.15, -0.1) is 0 Å². The Bertz CT molecular complexity index is 1010. The monoisotopic (exact) mass is 407 g/mol. The average Bonchev–Trinajstić information content (AvgIpc) is 3.22. The number of oxazole rings is 1. The molecule has 0 saturated carbocycles. The fourth-order valence-electron chi connectivity index (χ4n) is 3.76. The van der Waals surface area contributed by atoms with E-state index in [4.69, 9.17) is 14.9 Å². The van der Waals surface area contributed by atoms with Crippen LogP contribution in [0.5, 0.6) is 5.75 Å². The highest BCUT2D eigenvalue weighted by molar-refractivity contribution is 5.92. The first-order chi connectivity index (χ1) is 14.5. The molecule has 1 atom stereocenters. The number of nitrogen functional groups attached to an aromatic ring is 1. The van der Waals surface area contributed by atoms with Crippen LogP contribution in [0.15, 0.2) is 40.9 Å². The van der Waals surface area contributed by atoms with Gasteiger partial charge < -0.3 is 19.8 Å². The minimum Gasteiger partial charge on any atom is -0.497 e. The normalized spacial score (nSPS) is 16.5. The maximum Gasteiger partial charge on any atom is 0.272 e. The second-order valence-electron chi connectivity index (χ2n) is 7.53. The van der Waals surface area contributed by atoms with Crippen molar-refractivity contribution in [2.24, 2.45) is 0 Å². The number of methoxy groups -OCH3 is 1. The molecule has 3 heterocycles. The lowest BCUT2D eigenvalue weighted by atomic mass is 9.97. The molecule has 1 aliphatic heterocycles. The Hall–Kier alpha value is -3.42. The molecule has 0 bridgehead atoms. The fourth-order valence-corrected chi connectivity index (χ4v) is 3.76. The van der Waals surface area contributed by atoms with Crippen molar-refractivity contribution in [2.75, 3.05) is 25.9 Å². The third-order valence-electron chi connectivity index (χ3n) is 5.26. The number of aromatic nitrogens is 3. The predicted octanol–water partition coefficient (Wildman–Crippen LogP) is 2.97. The van der Waals surface area contributed by atoms with E-state index in [2.05, 4.69) is 15.0 Å². The molecule has 1 fully saturated rings. The molecule has 2 aromatic heterocycles. The number of carbonyl (C=O) groups is 1. The first-order valence-corrected chi connectivity index (χ1v) is 10.00. The summed E-state index contributed by atoms with van der Waals surface area (Å²) in [5.41, 5.74) is 7.83. The summed E-state index contributed by atoms with van der Waals surface area (Å²) in [6.07, 6.45) is 4.24. The molecule has 30 heavy (non-hydrogen) atoms. The minimum atomic E-state index is -0.137. The standard InChI is InChI=1S/C22H25N5O3/c1-14-10-19(26-22(23)25-14)21(28)27-9-3-4-16(13-27)20-24-12-18(30-20)11-15-5-7-17(29-2)8-6-15/h5-8,10,12,16H,3-4,9,11,13H2,1-2H3,(H2,23,25,26)/t16-/m1/s1. The third-order valence-corrected chi connectivity index (χ3v) is 5.26. The molecule has 1 saturated heterocycles. The number of piperidine rings is 1. The van der Waals surface area contributed by atoms with Crippen molar-refractivity contribution < 1.29 is 13.9 Å². The van der Waals surface area contributed by atoms with Gasteiger partial charge in [-0.3, -0.25) is 4.79 Å². The zero-order valence-corrected chi connectivity index (χ0v) is 17.2. The molecule has 1 aromatic carbocycles. The van der Waals surface area contributed by atoms with E-state index in [-0.39, 0.29) is 17.8 Å². The van der Waals surface area contributed by atoms with E-state index in [1.807, 2.05) is 24.3 Å². The number of hydrogen-bond donors (Lipinski definition) is 1. The van der Waals surface area contributed by atoms with E-state index >= 15 is 0 Å². The van der Waals surface area contributed by atoms with Crippen LogP contribution < -0.4 is 10.5 Å². The highest BCUT2D eigenvalue weighted by atomic mass is 16.5. The summed E-state index contributed by atoms with van der Waals surface area (Å²) in [5, 5.41) is 0. The number of benzene rings is 1. The minimum absolute atomic E-state index is 0.0626. The predicted molar refractivity (Wildman–Crippen MR) is 111 cm³/mol. The van der Waals surface area contributed by atoms with Crippen LogP contribution in [0, 0.1) is 6.92 Å². The largest absolute Gasteiger partial charge is 0.497 e. The van der Waals surface area contributed by atoms with Crippen LogP contribution in [-0.2, 0) is 6.42 Å². The van der Waals surface area contributed by atoms with Crippen molar-refractivity contribution in [1.82, 2.24) is 19.9 Å². The number of ether oxygens (including phenoxy) is 1. The van der Waals surface area contributed by atoms with Crippen LogP contribution in [0.4, 0.5) is 5.95 Å². The topological polar surface area (TPSA) is 107 Å². The summed E-state index contributed by atoms with van der Waals surface area (Å²) in [7, 11) is 1.65. The third kappa shape index (κ3) is 4.42. The lowest BCUT2D eigenvalue weighted by Crippen LogP contribution is -2.39.